The van der Waals surface area contributed by atoms with Gasteiger partial charge in [0, 0.05) is 26.1 Å². The topological polar surface area (TPSA) is 98.1 Å². The molecule has 2 aromatic carbocycles. The van der Waals surface area contributed by atoms with E-state index in [1.807, 2.05) is 30.3 Å². The molecule has 28 heavy (non-hydrogen) atoms. The molecular weight excluding hydrogens is 358 g/mol. The summed E-state index contributed by atoms with van der Waals surface area (Å²) in [7, 11) is 3.21. The summed E-state index contributed by atoms with van der Waals surface area (Å²) in [6.07, 6.45) is 1.84. The molecule has 0 spiro atoms. The number of nitrogens with zero attached hydrogens (tertiary/aromatic N) is 3. The van der Waals surface area contributed by atoms with E-state index in [-0.39, 0.29) is 17.9 Å². The van der Waals surface area contributed by atoms with E-state index < -0.39 is 0 Å². The highest BCUT2D eigenvalue weighted by atomic mass is 16.5. The molecule has 2 amide bonds. The van der Waals surface area contributed by atoms with Crippen molar-refractivity contribution in [1.82, 2.24) is 20.3 Å². The van der Waals surface area contributed by atoms with Crippen molar-refractivity contribution in [1.29, 1.82) is 0 Å². The van der Waals surface area contributed by atoms with Gasteiger partial charge in [0.25, 0.3) is 11.8 Å². The van der Waals surface area contributed by atoms with Crippen LogP contribution in [0.4, 0.5) is 5.82 Å². The second-order valence-electron chi connectivity index (χ2n) is 6.49. The molecule has 2 N–H and O–H groups in total. The van der Waals surface area contributed by atoms with E-state index in [1.54, 1.807) is 20.2 Å². The zero-order valence-electron chi connectivity index (χ0n) is 15.5. The number of anilines is 1. The maximum absolute atomic E-state index is 12.7. The number of hydrogen-bond acceptors (Lipinski definition) is 5. The average Bonchev–Trinajstić information content (AvgIpc) is 3.33. The van der Waals surface area contributed by atoms with Gasteiger partial charge in [0.1, 0.15) is 11.9 Å². The zero-order chi connectivity index (χ0) is 19.7. The summed E-state index contributed by atoms with van der Waals surface area (Å²) < 4.78 is 6.09. The van der Waals surface area contributed by atoms with Gasteiger partial charge >= 0.3 is 0 Å². The van der Waals surface area contributed by atoms with E-state index in [2.05, 4.69) is 20.8 Å². The van der Waals surface area contributed by atoms with Crippen molar-refractivity contribution in [3.8, 4) is 5.75 Å². The van der Waals surface area contributed by atoms with Crippen molar-refractivity contribution in [2.45, 2.75) is 12.5 Å². The van der Waals surface area contributed by atoms with Gasteiger partial charge in [-0.3, -0.25) is 9.59 Å². The summed E-state index contributed by atoms with van der Waals surface area (Å²) in [5.74, 6) is 0.188. The van der Waals surface area contributed by atoms with Crippen LogP contribution in [0.1, 0.15) is 37.9 Å². The van der Waals surface area contributed by atoms with E-state index >= 15 is 0 Å². The molecule has 1 atom stereocenters. The molecule has 0 fully saturated rings. The van der Waals surface area contributed by atoms with E-state index in [1.165, 1.54) is 17.1 Å². The third-order valence-electron chi connectivity index (χ3n) is 4.58. The largest absolute Gasteiger partial charge is 0.484 e. The van der Waals surface area contributed by atoms with Crippen LogP contribution in [0.2, 0.25) is 0 Å². The third kappa shape index (κ3) is 3.32. The number of rotatable bonds is 4. The van der Waals surface area contributed by atoms with Crippen molar-refractivity contribution >= 4 is 17.6 Å². The summed E-state index contributed by atoms with van der Waals surface area (Å²) in [6.45, 7) is 0. The van der Waals surface area contributed by atoms with Crippen molar-refractivity contribution in [3.05, 3.63) is 70.9 Å². The molecule has 1 aliphatic rings. The van der Waals surface area contributed by atoms with Crippen LogP contribution in [-0.2, 0) is 13.5 Å². The number of carbonyl (C=O) groups is 2. The number of aryl methyl sites for hydroxylation is 1. The van der Waals surface area contributed by atoms with Crippen LogP contribution in [0.5, 0.6) is 5.75 Å². The fourth-order valence-corrected chi connectivity index (χ4v) is 3.24. The maximum atomic E-state index is 12.7. The zero-order valence-corrected chi connectivity index (χ0v) is 15.5. The molecule has 4 rings (SSSR count). The Kier molecular flexibility index (Phi) is 4.52. The maximum Gasteiger partial charge on any atom is 0.256 e. The van der Waals surface area contributed by atoms with Crippen LogP contribution in [0, 0.1) is 0 Å². The fourth-order valence-electron chi connectivity index (χ4n) is 3.24. The average molecular weight is 377 g/mol. The molecule has 0 saturated carbocycles. The Morgan fingerprint density at radius 3 is 2.64 bits per heavy atom. The van der Waals surface area contributed by atoms with Crippen LogP contribution >= 0.6 is 0 Å². The van der Waals surface area contributed by atoms with Gasteiger partial charge in [0.05, 0.1) is 11.8 Å². The third-order valence-corrected chi connectivity index (χ3v) is 4.58. The van der Waals surface area contributed by atoms with E-state index in [9.17, 15) is 9.59 Å². The predicted molar refractivity (Wildman–Crippen MR) is 102 cm³/mol. The van der Waals surface area contributed by atoms with Crippen molar-refractivity contribution in [2.24, 2.45) is 7.05 Å². The molecule has 0 bridgehead atoms. The first-order valence-corrected chi connectivity index (χ1v) is 8.83. The molecule has 1 aromatic heterocycles. The van der Waals surface area contributed by atoms with Gasteiger partial charge in [-0.05, 0) is 23.3 Å². The van der Waals surface area contributed by atoms with Gasteiger partial charge < -0.3 is 15.4 Å². The number of benzene rings is 2. The Morgan fingerprint density at radius 1 is 1.18 bits per heavy atom. The highest BCUT2D eigenvalue weighted by molar-refractivity contribution is 6.07. The molecular formula is C20H19N5O3. The van der Waals surface area contributed by atoms with Gasteiger partial charge in [-0.15, -0.1) is 5.10 Å². The minimum Gasteiger partial charge on any atom is -0.484 e. The predicted octanol–water partition coefficient (Wildman–Crippen LogP) is 2.10. The number of nitrogens with one attached hydrogen (secondary N) is 2. The highest BCUT2D eigenvalue weighted by Crippen LogP contribution is 2.40. The molecule has 8 heteroatoms. The number of ether oxygens (including phenoxy) is 1. The van der Waals surface area contributed by atoms with E-state index in [0.29, 0.717) is 29.1 Å². The Morgan fingerprint density at radius 2 is 1.96 bits per heavy atom. The van der Waals surface area contributed by atoms with Crippen LogP contribution in [0.25, 0.3) is 0 Å². The molecule has 0 saturated heterocycles. The Balaban J connectivity index is 1.67. The summed E-state index contributed by atoms with van der Waals surface area (Å²) in [6, 6.07) is 13.1. The first kappa shape index (κ1) is 17.7. The summed E-state index contributed by atoms with van der Waals surface area (Å²) in [5.41, 5.74) is 2.54. The lowest BCUT2D eigenvalue weighted by atomic mass is 9.99. The molecule has 0 radical (unpaired) electrons. The van der Waals surface area contributed by atoms with Gasteiger partial charge in [-0.25, -0.2) is 0 Å². The van der Waals surface area contributed by atoms with E-state index in [0.717, 1.165) is 11.1 Å². The lowest BCUT2D eigenvalue weighted by Crippen LogP contribution is -2.20. The van der Waals surface area contributed by atoms with E-state index in [4.69, 9.17) is 4.74 Å². The number of amides is 2. The fraction of sp³-hybridized carbons (Fsp3) is 0.200. The first-order chi connectivity index (χ1) is 13.5. The van der Waals surface area contributed by atoms with Crippen molar-refractivity contribution in [2.75, 3.05) is 12.4 Å². The quantitative estimate of drug-likeness (QED) is 0.726. The molecule has 1 aliphatic heterocycles. The smallest absolute Gasteiger partial charge is 0.256 e. The second kappa shape index (κ2) is 7.15. The monoisotopic (exact) mass is 377 g/mol. The molecule has 142 valence electrons. The minimum atomic E-state index is -0.364. The van der Waals surface area contributed by atoms with Crippen LogP contribution in [0.15, 0.2) is 48.7 Å². The van der Waals surface area contributed by atoms with Crippen molar-refractivity contribution < 1.29 is 14.3 Å². The lowest BCUT2D eigenvalue weighted by molar-refractivity contribution is 0.0958. The standard InChI is InChI=1S/C20H19N5O3/c1-21-20(27)15-9-14(19(26)23-17-11-22-25(2)24-17)8-13-10-16(28-18(13)15)12-6-4-3-5-7-12/h3-9,11,16H,10H2,1-2H3,(H,21,27)(H,23,24,26)/t16-/m1/s1. The summed E-state index contributed by atoms with van der Waals surface area (Å²) >= 11 is 0. The Bertz CT molecular complexity index is 1050. The highest BCUT2D eigenvalue weighted by Gasteiger charge is 2.30. The number of aromatic nitrogens is 3. The van der Waals surface area contributed by atoms with Gasteiger partial charge in [0.15, 0.2) is 5.82 Å². The van der Waals surface area contributed by atoms with Crippen LogP contribution < -0.4 is 15.4 Å². The summed E-state index contributed by atoms with van der Waals surface area (Å²) in [5, 5.41) is 13.3. The number of fused-ring (bicyclic) bond motifs is 1. The minimum absolute atomic E-state index is 0.196. The molecule has 0 aliphatic carbocycles. The molecule has 0 unspecified atom stereocenters. The van der Waals surface area contributed by atoms with Crippen molar-refractivity contribution in [3.63, 3.8) is 0 Å². The van der Waals surface area contributed by atoms with Gasteiger partial charge in [-0.2, -0.15) is 9.90 Å². The van der Waals surface area contributed by atoms with Gasteiger partial charge in [-0.1, -0.05) is 30.3 Å². The first-order valence-electron chi connectivity index (χ1n) is 8.83. The second-order valence-corrected chi connectivity index (χ2v) is 6.49. The Hall–Kier alpha value is -3.68. The molecule has 2 heterocycles. The normalized spacial score (nSPS) is 14.9. The van der Waals surface area contributed by atoms with Crippen LogP contribution in [0.3, 0.4) is 0 Å². The van der Waals surface area contributed by atoms with Gasteiger partial charge in [0.2, 0.25) is 0 Å². The number of hydrogen-bond donors (Lipinski definition) is 2. The Labute approximate surface area is 161 Å². The molecule has 8 nitrogen and oxygen atoms in total. The summed E-state index contributed by atoms with van der Waals surface area (Å²) in [4.78, 5) is 26.4. The molecule has 3 aromatic rings. The lowest BCUT2D eigenvalue weighted by Gasteiger charge is -2.13. The number of carbonyl (C=O) groups excluding carboxylic acids is 2. The SMILES string of the molecule is CNC(=O)c1cc(C(=O)Nc2cnn(C)n2)cc2c1O[C@@H](c1ccccc1)C2. The van der Waals surface area contributed by atoms with Crippen LogP contribution in [-0.4, -0.2) is 33.9 Å².